The van der Waals surface area contributed by atoms with E-state index in [1.807, 2.05) is 37.3 Å². The highest BCUT2D eigenvalue weighted by Crippen LogP contribution is 2.46. The zero-order valence-electron chi connectivity index (χ0n) is 15.1. The van der Waals surface area contributed by atoms with Crippen LogP contribution in [-0.4, -0.2) is 19.2 Å². The Morgan fingerprint density at radius 3 is 2.52 bits per heavy atom. The second-order valence-electron chi connectivity index (χ2n) is 6.79. The molecule has 4 nitrogen and oxygen atoms in total. The maximum Gasteiger partial charge on any atom is 0.271 e. The van der Waals surface area contributed by atoms with Crippen molar-refractivity contribution in [3.8, 4) is 0 Å². The molecule has 0 aromatic heterocycles. The molecule has 0 unspecified atom stereocenters. The van der Waals surface area contributed by atoms with E-state index in [9.17, 15) is 4.79 Å². The molecule has 0 aliphatic carbocycles. The zero-order chi connectivity index (χ0) is 18.0. The Bertz CT molecular complexity index is 865. The van der Waals surface area contributed by atoms with E-state index in [2.05, 4.69) is 54.5 Å². The average Bonchev–Trinajstić information content (AvgIpc) is 2.79. The third-order valence-corrected chi connectivity index (χ3v) is 4.80. The lowest BCUT2D eigenvalue weighted by Crippen LogP contribution is -2.23. The largest absolute Gasteiger partial charge is 0.347 e. The number of aryl methyl sites for hydroxylation is 1. The van der Waals surface area contributed by atoms with Crippen molar-refractivity contribution in [1.29, 1.82) is 0 Å². The van der Waals surface area contributed by atoms with Gasteiger partial charge in [0.15, 0.2) is 0 Å². The standard InChI is InChI=1S/C21H23N3O/c1-15-9-5-6-10-16(15)20(25)23-22-14-13-19-21(2,3)17-11-7-8-12-18(17)24(19)4/h5-14H,1-4H3,(H,23,25)/b19-13-,22-14-. The van der Waals surface area contributed by atoms with Crippen LogP contribution in [0.3, 0.4) is 0 Å². The van der Waals surface area contributed by atoms with Gasteiger partial charge < -0.3 is 4.90 Å². The molecule has 0 spiro atoms. The van der Waals surface area contributed by atoms with Crippen LogP contribution in [0.1, 0.15) is 35.3 Å². The van der Waals surface area contributed by atoms with E-state index >= 15 is 0 Å². The number of carbonyl (C=O) groups excluding carboxylic acids is 1. The third-order valence-electron chi connectivity index (χ3n) is 4.80. The van der Waals surface area contributed by atoms with Gasteiger partial charge >= 0.3 is 0 Å². The maximum absolute atomic E-state index is 12.2. The molecule has 2 aromatic rings. The molecule has 1 aliphatic rings. The first-order valence-corrected chi connectivity index (χ1v) is 8.36. The lowest BCUT2D eigenvalue weighted by atomic mass is 9.84. The van der Waals surface area contributed by atoms with Gasteiger partial charge in [-0.1, -0.05) is 50.2 Å². The number of likely N-dealkylation sites (N-methyl/N-ethyl adjacent to an activating group) is 1. The Balaban J connectivity index is 1.75. The van der Waals surface area contributed by atoms with Gasteiger partial charge in [0.05, 0.1) is 0 Å². The van der Waals surface area contributed by atoms with E-state index in [1.54, 1.807) is 12.3 Å². The number of hydrazone groups is 1. The van der Waals surface area contributed by atoms with Crippen LogP contribution in [0.2, 0.25) is 0 Å². The lowest BCUT2D eigenvalue weighted by Gasteiger charge is -2.23. The quantitative estimate of drug-likeness (QED) is 0.681. The highest BCUT2D eigenvalue weighted by atomic mass is 16.2. The maximum atomic E-state index is 12.2. The van der Waals surface area contributed by atoms with Crippen LogP contribution in [0.25, 0.3) is 0 Å². The van der Waals surface area contributed by atoms with Crippen molar-refractivity contribution >= 4 is 17.8 Å². The highest BCUT2D eigenvalue weighted by molar-refractivity contribution is 5.96. The summed E-state index contributed by atoms with van der Waals surface area (Å²) >= 11 is 0. The van der Waals surface area contributed by atoms with Crippen molar-refractivity contribution < 1.29 is 4.79 Å². The number of fused-ring (bicyclic) bond motifs is 1. The van der Waals surface area contributed by atoms with Crippen molar-refractivity contribution in [2.45, 2.75) is 26.2 Å². The summed E-state index contributed by atoms with van der Waals surface area (Å²) in [6.45, 7) is 6.30. The molecule has 0 atom stereocenters. The Hall–Kier alpha value is -2.88. The van der Waals surface area contributed by atoms with Crippen molar-refractivity contribution in [1.82, 2.24) is 5.43 Å². The molecule has 3 rings (SSSR count). The molecule has 4 heteroatoms. The summed E-state index contributed by atoms with van der Waals surface area (Å²) in [5.41, 5.74) is 7.70. The van der Waals surface area contributed by atoms with Crippen LogP contribution in [0.15, 0.2) is 65.4 Å². The monoisotopic (exact) mass is 333 g/mol. The van der Waals surface area contributed by atoms with Gasteiger partial charge in [0.2, 0.25) is 0 Å². The van der Waals surface area contributed by atoms with Gasteiger partial charge in [0, 0.05) is 35.6 Å². The summed E-state index contributed by atoms with van der Waals surface area (Å²) in [4.78, 5) is 14.3. The predicted molar refractivity (Wildman–Crippen MR) is 103 cm³/mol. The number of rotatable bonds is 3. The normalized spacial score (nSPS) is 17.1. The summed E-state index contributed by atoms with van der Waals surface area (Å²) in [6.07, 6.45) is 3.60. The molecule has 1 N–H and O–H groups in total. The number of amides is 1. The molecule has 0 fully saturated rings. The van der Waals surface area contributed by atoms with Crippen molar-refractivity contribution in [3.05, 3.63) is 77.0 Å². The fourth-order valence-corrected chi connectivity index (χ4v) is 3.39. The summed E-state index contributed by atoms with van der Waals surface area (Å²) in [5.74, 6) is -0.199. The number of nitrogens with zero attached hydrogens (tertiary/aromatic N) is 2. The van der Waals surface area contributed by atoms with E-state index in [1.165, 1.54) is 11.3 Å². The second-order valence-corrected chi connectivity index (χ2v) is 6.79. The van der Waals surface area contributed by atoms with Crippen molar-refractivity contribution in [3.63, 3.8) is 0 Å². The van der Waals surface area contributed by atoms with Crippen LogP contribution in [-0.2, 0) is 5.41 Å². The SMILES string of the molecule is Cc1ccccc1C(=O)N/N=C\C=C1/N(C)c2ccccc2C1(C)C. The first-order valence-electron chi connectivity index (χ1n) is 8.36. The minimum absolute atomic E-state index is 0.0998. The predicted octanol–water partition coefficient (Wildman–Crippen LogP) is 4.02. The smallest absolute Gasteiger partial charge is 0.271 e. The summed E-state index contributed by atoms with van der Waals surface area (Å²) < 4.78 is 0. The number of para-hydroxylation sites is 1. The van der Waals surface area contributed by atoms with Crippen LogP contribution in [0.4, 0.5) is 5.69 Å². The van der Waals surface area contributed by atoms with Gasteiger partial charge in [0.1, 0.15) is 0 Å². The van der Waals surface area contributed by atoms with Crippen LogP contribution in [0, 0.1) is 6.92 Å². The van der Waals surface area contributed by atoms with Gasteiger partial charge in [0.25, 0.3) is 5.91 Å². The van der Waals surface area contributed by atoms with Crippen molar-refractivity contribution in [2.75, 3.05) is 11.9 Å². The number of anilines is 1. The fourth-order valence-electron chi connectivity index (χ4n) is 3.39. The molecule has 0 radical (unpaired) electrons. The molecule has 0 saturated carbocycles. The summed E-state index contributed by atoms with van der Waals surface area (Å²) in [6, 6.07) is 15.9. The molecule has 0 saturated heterocycles. The molecular formula is C21H23N3O. The summed E-state index contributed by atoms with van der Waals surface area (Å²) in [7, 11) is 2.05. The number of benzene rings is 2. The molecular weight excluding hydrogens is 310 g/mol. The first-order chi connectivity index (χ1) is 11.9. The number of nitrogens with one attached hydrogen (secondary N) is 1. The topological polar surface area (TPSA) is 44.7 Å². The molecule has 1 amide bonds. The Morgan fingerprint density at radius 2 is 1.80 bits per heavy atom. The average molecular weight is 333 g/mol. The summed E-state index contributed by atoms with van der Waals surface area (Å²) in [5, 5.41) is 4.09. The Kier molecular flexibility index (Phi) is 4.45. The van der Waals surface area contributed by atoms with Crippen LogP contribution < -0.4 is 10.3 Å². The number of hydrogen-bond donors (Lipinski definition) is 1. The highest BCUT2D eigenvalue weighted by Gasteiger charge is 2.37. The van der Waals surface area contributed by atoms with Gasteiger partial charge in [-0.15, -0.1) is 0 Å². The molecule has 1 heterocycles. The minimum atomic E-state index is -0.199. The van der Waals surface area contributed by atoms with E-state index in [0.29, 0.717) is 5.56 Å². The van der Waals surface area contributed by atoms with E-state index < -0.39 is 0 Å². The Labute approximate surface area is 148 Å². The Morgan fingerprint density at radius 1 is 1.12 bits per heavy atom. The lowest BCUT2D eigenvalue weighted by molar-refractivity contribution is 0.0954. The molecule has 128 valence electrons. The van der Waals surface area contributed by atoms with E-state index in [0.717, 1.165) is 11.3 Å². The van der Waals surface area contributed by atoms with Crippen LogP contribution >= 0.6 is 0 Å². The van der Waals surface area contributed by atoms with Gasteiger partial charge in [-0.2, -0.15) is 5.10 Å². The zero-order valence-corrected chi connectivity index (χ0v) is 15.1. The first kappa shape index (κ1) is 17.0. The third kappa shape index (κ3) is 3.07. The number of carbonyl (C=O) groups is 1. The fraction of sp³-hybridized carbons (Fsp3) is 0.238. The minimum Gasteiger partial charge on any atom is -0.347 e. The van der Waals surface area contributed by atoms with Gasteiger partial charge in [-0.05, 0) is 36.3 Å². The van der Waals surface area contributed by atoms with Crippen molar-refractivity contribution in [2.24, 2.45) is 5.10 Å². The number of hydrogen-bond acceptors (Lipinski definition) is 3. The molecule has 25 heavy (non-hydrogen) atoms. The molecule has 0 bridgehead atoms. The van der Waals surface area contributed by atoms with Gasteiger partial charge in [-0.25, -0.2) is 5.43 Å². The van der Waals surface area contributed by atoms with E-state index in [4.69, 9.17) is 0 Å². The molecule has 1 aliphatic heterocycles. The van der Waals surface area contributed by atoms with Crippen LogP contribution in [0.5, 0.6) is 0 Å². The second kappa shape index (κ2) is 6.55. The number of allylic oxidation sites excluding steroid dienone is 2. The molecule has 2 aromatic carbocycles. The van der Waals surface area contributed by atoms with Gasteiger partial charge in [-0.3, -0.25) is 4.79 Å². The van der Waals surface area contributed by atoms with E-state index in [-0.39, 0.29) is 11.3 Å².